The van der Waals surface area contributed by atoms with Gasteiger partial charge in [0, 0.05) is 18.3 Å². The predicted octanol–water partition coefficient (Wildman–Crippen LogP) is 3.62. The summed E-state index contributed by atoms with van der Waals surface area (Å²) in [4.78, 5) is 2.02. The molecule has 24 heavy (non-hydrogen) atoms. The van der Waals surface area contributed by atoms with E-state index in [-0.39, 0.29) is 11.7 Å². The Labute approximate surface area is 140 Å². The molecule has 3 aromatic rings. The lowest BCUT2D eigenvalue weighted by molar-refractivity contribution is 0.365. The molecule has 0 saturated carbocycles. The van der Waals surface area contributed by atoms with Gasteiger partial charge in [-0.2, -0.15) is 0 Å². The lowest BCUT2D eigenvalue weighted by atomic mass is 10.00. The SMILES string of the molecule is CN(C)CCn1cc(-c2cc(-c3ccccc3)ccc2F)c(O)n1. The second-order valence-corrected chi connectivity index (χ2v) is 5.99. The van der Waals surface area contributed by atoms with Gasteiger partial charge in [-0.05, 0) is 37.4 Å². The van der Waals surface area contributed by atoms with E-state index in [0.717, 1.165) is 17.7 Å². The Balaban J connectivity index is 1.97. The molecule has 1 aromatic heterocycles. The summed E-state index contributed by atoms with van der Waals surface area (Å²) in [5.74, 6) is -0.532. The standard InChI is InChI=1S/C19H20FN3O/c1-22(2)10-11-23-13-17(19(24)21-23)16-12-15(8-9-18(16)20)14-6-4-3-5-7-14/h3-9,12-13H,10-11H2,1-2H3,(H,21,24). The summed E-state index contributed by atoms with van der Waals surface area (Å²) in [6.45, 7) is 1.41. The summed E-state index contributed by atoms with van der Waals surface area (Å²) in [5.41, 5.74) is 2.65. The molecule has 0 saturated heterocycles. The third kappa shape index (κ3) is 3.46. The minimum Gasteiger partial charge on any atom is -0.492 e. The van der Waals surface area contributed by atoms with Gasteiger partial charge in [0.2, 0.25) is 5.88 Å². The van der Waals surface area contributed by atoms with Gasteiger partial charge in [0.15, 0.2) is 0 Å². The van der Waals surface area contributed by atoms with Crippen LogP contribution in [0.5, 0.6) is 5.88 Å². The normalized spacial score (nSPS) is 11.2. The molecule has 0 radical (unpaired) electrons. The van der Waals surface area contributed by atoms with Crippen LogP contribution >= 0.6 is 0 Å². The Bertz CT molecular complexity index is 828. The first-order valence-corrected chi connectivity index (χ1v) is 7.81. The maximum Gasteiger partial charge on any atom is 0.238 e. The van der Waals surface area contributed by atoms with Crippen molar-refractivity contribution in [2.45, 2.75) is 6.54 Å². The third-order valence-corrected chi connectivity index (χ3v) is 3.88. The van der Waals surface area contributed by atoms with Crippen molar-refractivity contribution in [3.8, 4) is 28.1 Å². The zero-order chi connectivity index (χ0) is 17.1. The predicted molar refractivity (Wildman–Crippen MR) is 93.3 cm³/mol. The molecule has 0 aliphatic rings. The van der Waals surface area contributed by atoms with Gasteiger partial charge < -0.3 is 10.0 Å². The molecule has 124 valence electrons. The first-order chi connectivity index (χ1) is 11.5. The molecule has 0 spiro atoms. The highest BCUT2D eigenvalue weighted by atomic mass is 19.1. The number of hydrogen-bond acceptors (Lipinski definition) is 3. The van der Waals surface area contributed by atoms with Crippen molar-refractivity contribution in [3.05, 3.63) is 60.5 Å². The number of aromatic nitrogens is 2. The second kappa shape index (κ2) is 6.84. The van der Waals surface area contributed by atoms with Gasteiger partial charge in [-0.15, -0.1) is 5.10 Å². The van der Waals surface area contributed by atoms with Crippen LogP contribution in [-0.2, 0) is 6.54 Å². The van der Waals surface area contributed by atoms with Crippen LogP contribution in [0, 0.1) is 5.82 Å². The number of nitrogens with zero attached hydrogens (tertiary/aromatic N) is 3. The van der Waals surface area contributed by atoms with Gasteiger partial charge >= 0.3 is 0 Å². The highest BCUT2D eigenvalue weighted by molar-refractivity contribution is 5.75. The van der Waals surface area contributed by atoms with Crippen LogP contribution in [0.3, 0.4) is 0 Å². The van der Waals surface area contributed by atoms with Crippen molar-refractivity contribution < 1.29 is 9.50 Å². The van der Waals surface area contributed by atoms with Crippen molar-refractivity contribution >= 4 is 0 Å². The molecular weight excluding hydrogens is 305 g/mol. The topological polar surface area (TPSA) is 41.3 Å². The molecule has 0 bridgehead atoms. The highest BCUT2D eigenvalue weighted by Crippen LogP contribution is 2.33. The van der Waals surface area contributed by atoms with Gasteiger partial charge in [-0.25, -0.2) is 4.39 Å². The van der Waals surface area contributed by atoms with E-state index in [1.807, 2.05) is 49.3 Å². The molecule has 0 aliphatic heterocycles. The van der Waals surface area contributed by atoms with E-state index in [0.29, 0.717) is 17.7 Å². The maximum atomic E-state index is 14.3. The van der Waals surface area contributed by atoms with Crippen LogP contribution in [0.25, 0.3) is 22.3 Å². The molecule has 0 amide bonds. The Morgan fingerprint density at radius 2 is 1.79 bits per heavy atom. The zero-order valence-corrected chi connectivity index (χ0v) is 13.8. The average molecular weight is 325 g/mol. The van der Waals surface area contributed by atoms with E-state index in [1.54, 1.807) is 23.0 Å². The smallest absolute Gasteiger partial charge is 0.238 e. The molecule has 1 N–H and O–H groups in total. The summed E-state index contributed by atoms with van der Waals surface area (Å²) >= 11 is 0. The molecule has 0 aliphatic carbocycles. The van der Waals surface area contributed by atoms with Crippen LogP contribution in [0.4, 0.5) is 4.39 Å². The molecule has 5 heteroatoms. The van der Waals surface area contributed by atoms with Gasteiger partial charge in [0.25, 0.3) is 0 Å². The summed E-state index contributed by atoms with van der Waals surface area (Å²) in [6, 6.07) is 14.7. The highest BCUT2D eigenvalue weighted by Gasteiger charge is 2.15. The molecule has 4 nitrogen and oxygen atoms in total. The lowest BCUT2D eigenvalue weighted by Gasteiger charge is -2.08. The minimum atomic E-state index is -0.378. The number of rotatable bonds is 5. The van der Waals surface area contributed by atoms with Crippen LogP contribution in [0.15, 0.2) is 54.7 Å². The first-order valence-electron chi connectivity index (χ1n) is 7.81. The van der Waals surface area contributed by atoms with Gasteiger partial charge in [0.05, 0.1) is 12.1 Å². The van der Waals surface area contributed by atoms with E-state index >= 15 is 0 Å². The van der Waals surface area contributed by atoms with E-state index < -0.39 is 0 Å². The fourth-order valence-corrected chi connectivity index (χ4v) is 2.56. The van der Waals surface area contributed by atoms with Crippen LogP contribution in [0.1, 0.15) is 0 Å². The fraction of sp³-hybridized carbons (Fsp3) is 0.211. The average Bonchev–Trinajstić information content (AvgIpc) is 2.95. The quantitative estimate of drug-likeness (QED) is 0.779. The molecular formula is C19H20FN3O. The molecule has 2 aromatic carbocycles. The number of hydrogen-bond donors (Lipinski definition) is 1. The fourth-order valence-electron chi connectivity index (χ4n) is 2.56. The first kappa shape index (κ1) is 16.2. The summed E-state index contributed by atoms with van der Waals surface area (Å²) in [6.07, 6.45) is 1.69. The van der Waals surface area contributed by atoms with Crippen LogP contribution in [-0.4, -0.2) is 40.4 Å². The van der Waals surface area contributed by atoms with E-state index in [2.05, 4.69) is 5.10 Å². The van der Waals surface area contributed by atoms with Gasteiger partial charge in [-0.3, -0.25) is 4.68 Å². The van der Waals surface area contributed by atoms with Crippen molar-refractivity contribution in [1.29, 1.82) is 0 Å². The second-order valence-electron chi connectivity index (χ2n) is 5.99. The largest absolute Gasteiger partial charge is 0.492 e. The summed E-state index contributed by atoms with van der Waals surface area (Å²) < 4.78 is 16.0. The molecule has 1 heterocycles. The summed E-state index contributed by atoms with van der Waals surface area (Å²) in [5, 5.41) is 14.2. The monoisotopic (exact) mass is 325 g/mol. The van der Waals surface area contributed by atoms with E-state index in [1.165, 1.54) is 6.07 Å². The molecule has 3 rings (SSSR count). The maximum absolute atomic E-state index is 14.3. The Morgan fingerprint density at radius 3 is 2.50 bits per heavy atom. The number of benzene rings is 2. The Kier molecular flexibility index (Phi) is 4.62. The van der Waals surface area contributed by atoms with Gasteiger partial charge in [-0.1, -0.05) is 36.4 Å². The molecule has 0 unspecified atom stereocenters. The van der Waals surface area contributed by atoms with E-state index in [9.17, 15) is 9.50 Å². The third-order valence-electron chi connectivity index (χ3n) is 3.88. The Hall–Kier alpha value is -2.66. The van der Waals surface area contributed by atoms with Crippen LogP contribution in [0.2, 0.25) is 0 Å². The van der Waals surface area contributed by atoms with Crippen LogP contribution < -0.4 is 0 Å². The summed E-state index contributed by atoms with van der Waals surface area (Å²) in [7, 11) is 3.93. The van der Waals surface area contributed by atoms with E-state index in [4.69, 9.17) is 0 Å². The van der Waals surface area contributed by atoms with Crippen molar-refractivity contribution in [3.63, 3.8) is 0 Å². The lowest BCUT2D eigenvalue weighted by Crippen LogP contribution is -2.18. The van der Waals surface area contributed by atoms with Gasteiger partial charge in [0.1, 0.15) is 5.82 Å². The molecule has 0 atom stereocenters. The van der Waals surface area contributed by atoms with Crippen molar-refractivity contribution in [1.82, 2.24) is 14.7 Å². The zero-order valence-electron chi connectivity index (χ0n) is 13.8. The Morgan fingerprint density at radius 1 is 1.04 bits per heavy atom. The number of halogens is 1. The molecule has 0 fully saturated rings. The number of likely N-dealkylation sites (N-methyl/N-ethyl adjacent to an activating group) is 1. The number of aromatic hydroxyl groups is 1. The van der Waals surface area contributed by atoms with Crippen molar-refractivity contribution in [2.24, 2.45) is 0 Å². The minimum absolute atomic E-state index is 0.155. The van der Waals surface area contributed by atoms with Crippen molar-refractivity contribution in [2.75, 3.05) is 20.6 Å².